The number of aryl methyl sites for hydroxylation is 1. The molecule has 0 aliphatic rings. The van der Waals surface area contributed by atoms with E-state index in [-0.39, 0.29) is 5.56 Å². The van der Waals surface area contributed by atoms with Crippen LogP contribution in [0.5, 0.6) is 11.5 Å². The fourth-order valence-electron chi connectivity index (χ4n) is 2.51. The van der Waals surface area contributed by atoms with Crippen LogP contribution in [0.15, 0.2) is 65.7 Å². The molecule has 2 heterocycles. The van der Waals surface area contributed by atoms with E-state index in [4.69, 9.17) is 9.47 Å². The molecule has 3 aromatic rings. The van der Waals surface area contributed by atoms with Gasteiger partial charge < -0.3 is 9.47 Å². The third kappa shape index (κ3) is 3.46. The van der Waals surface area contributed by atoms with Crippen molar-refractivity contribution in [1.29, 1.82) is 0 Å². The van der Waals surface area contributed by atoms with Crippen LogP contribution in [0.1, 0.15) is 11.3 Å². The lowest BCUT2D eigenvalue weighted by atomic mass is 10.2. The fourth-order valence-corrected chi connectivity index (χ4v) is 2.51. The summed E-state index contributed by atoms with van der Waals surface area (Å²) >= 11 is 0. The van der Waals surface area contributed by atoms with Gasteiger partial charge in [0.25, 0.3) is 5.56 Å². The molecule has 1 aromatic carbocycles. The van der Waals surface area contributed by atoms with Crippen molar-refractivity contribution >= 4 is 0 Å². The highest BCUT2D eigenvalue weighted by Crippen LogP contribution is 2.17. The van der Waals surface area contributed by atoms with E-state index in [2.05, 4.69) is 4.98 Å². The number of nitrogens with zero attached hydrogens (tertiary/aromatic N) is 2. The summed E-state index contributed by atoms with van der Waals surface area (Å²) in [5.74, 6) is 1.33. The summed E-state index contributed by atoms with van der Waals surface area (Å²) in [6, 6.07) is 14.6. The molecule has 0 fully saturated rings. The first-order valence-corrected chi connectivity index (χ1v) is 7.57. The normalized spacial score (nSPS) is 10.4. The van der Waals surface area contributed by atoms with Gasteiger partial charge >= 0.3 is 0 Å². The minimum absolute atomic E-state index is 0.137. The monoisotopic (exact) mass is 322 g/mol. The van der Waals surface area contributed by atoms with Crippen molar-refractivity contribution in [2.45, 2.75) is 13.5 Å². The number of benzene rings is 1. The Morgan fingerprint density at radius 1 is 1.04 bits per heavy atom. The molecule has 3 rings (SSSR count). The second-order valence-corrected chi connectivity index (χ2v) is 5.35. The van der Waals surface area contributed by atoms with Gasteiger partial charge in [0.15, 0.2) is 0 Å². The predicted octanol–water partition coefficient (Wildman–Crippen LogP) is 3.13. The zero-order valence-corrected chi connectivity index (χ0v) is 13.6. The standard InChI is InChI=1S/C19H18N2O3/c1-14-10-18(24-13-15-4-3-5-17(11-15)23-2)12-19(22)21(14)16-6-8-20-9-7-16/h3-12H,13H2,1-2H3. The molecule has 0 aliphatic heterocycles. The number of ether oxygens (including phenoxy) is 2. The van der Waals surface area contributed by atoms with Gasteiger partial charge in [0, 0.05) is 30.2 Å². The van der Waals surface area contributed by atoms with E-state index in [0.717, 1.165) is 22.7 Å². The van der Waals surface area contributed by atoms with Gasteiger partial charge in [-0.1, -0.05) is 12.1 Å². The molecule has 0 saturated carbocycles. The Labute approximate surface area is 140 Å². The Balaban J connectivity index is 1.82. The summed E-state index contributed by atoms with van der Waals surface area (Å²) in [5, 5.41) is 0. The lowest BCUT2D eigenvalue weighted by Gasteiger charge is -2.12. The van der Waals surface area contributed by atoms with Crippen LogP contribution >= 0.6 is 0 Å². The summed E-state index contributed by atoms with van der Waals surface area (Å²) in [6.07, 6.45) is 3.32. The molecule has 0 atom stereocenters. The third-order valence-corrected chi connectivity index (χ3v) is 3.65. The maximum atomic E-state index is 12.4. The number of hydrogen-bond acceptors (Lipinski definition) is 4. The lowest BCUT2D eigenvalue weighted by Crippen LogP contribution is -2.19. The van der Waals surface area contributed by atoms with Crippen LogP contribution in [-0.4, -0.2) is 16.7 Å². The Morgan fingerprint density at radius 3 is 2.54 bits per heavy atom. The van der Waals surface area contributed by atoms with E-state index >= 15 is 0 Å². The van der Waals surface area contributed by atoms with Crippen molar-refractivity contribution in [2.75, 3.05) is 7.11 Å². The molecular formula is C19H18N2O3. The van der Waals surface area contributed by atoms with E-state index < -0.39 is 0 Å². The zero-order valence-electron chi connectivity index (χ0n) is 13.6. The largest absolute Gasteiger partial charge is 0.497 e. The molecule has 5 nitrogen and oxygen atoms in total. The number of hydrogen-bond donors (Lipinski definition) is 0. The van der Waals surface area contributed by atoms with Gasteiger partial charge in [0.2, 0.25) is 0 Å². The lowest BCUT2D eigenvalue weighted by molar-refractivity contribution is 0.304. The van der Waals surface area contributed by atoms with E-state index in [1.54, 1.807) is 36.2 Å². The van der Waals surface area contributed by atoms with E-state index in [1.165, 1.54) is 6.07 Å². The maximum absolute atomic E-state index is 12.4. The fraction of sp³-hybridized carbons (Fsp3) is 0.158. The van der Waals surface area contributed by atoms with Crippen LogP contribution < -0.4 is 15.0 Å². The SMILES string of the molecule is COc1cccc(COc2cc(C)n(-c3ccncc3)c(=O)c2)c1. The molecule has 2 aromatic heterocycles. The molecular weight excluding hydrogens is 304 g/mol. The average Bonchev–Trinajstić information content (AvgIpc) is 2.60. The van der Waals surface area contributed by atoms with Crippen LogP contribution in [0.4, 0.5) is 0 Å². The first-order chi connectivity index (χ1) is 11.7. The van der Waals surface area contributed by atoms with Crippen molar-refractivity contribution in [3.8, 4) is 17.2 Å². The third-order valence-electron chi connectivity index (χ3n) is 3.65. The summed E-state index contributed by atoms with van der Waals surface area (Å²) in [7, 11) is 1.63. The zero-order chi connectivity index (χ0) is 16.9. The predicted molar refractivity (Wildman–Crippen MR) is 91.9 cm³/mol. The molecule has 0 radical (unpaired) electrons. The molecule has 0 spiro atoms. The number of aromatic nitrogens is 2. The Morgan fingerprint density at radius 2 is 1.83 bits per heavy atom. The Kier molecular flexibility index (Phi) is 4.61. The highest BCUT2D eigenvalue weighted by Gasteiger charge is 2.07. The van der Waals surface area contributed by atoms with Crippen LogP contribution in [0.3, 0.4) is 0 Å². The average molecular weight is 322 g/mol. The summed E-state index contributed by atoms with van der Waals surface area (Å²) in [5.41, 5.74) is 2.42. The molecule has 0 N–H and O–H groups in total. The van der Waals surface area contributed by atoms with Gasteiger partial charge in [-0.25, -0.2) is 0 Å². The number of pyridine rings is 2. The van der Waals surface area contributed by atoms with Crippen LogP contribution in [0.2, 0.25) is 0 Å². The minimum atomic E-state index is -0.137. The van der Waals surface area contributed by atoms with Gasteiger partial charge in [-0.3, -0.25) is 14.3 Å². The van der Waals surface area contributed by atoms with Crippen molar-refractivity contribution in [3.63, 3.8) is 0 Å². The number of rotatable bonds is 5. The van der Waals surface area contributed by atoms with E-state index in [1.807, 2.05) is 37.3 Å². The first-order valence-electron chi connectivity index (χ1n) is 7.57. The van der Waals surface area contributed by atoms with Crippen molar-refractivity contribution in [3.05, 3.63) is 82.5 Å². The minimum Gasteiger partial charge on any atom is -0.497 e. The topological polar surface area (TPSA) is 53.4 Å². The molecule has 0 unspecified atom stereocenters. The van der Waals surface area contributed by atoms with Gasteiger partial charge in [-0.15, -0.1) is 0 Å². The first kappa shape index (κ1) is 15.8. The van der Waals surface area contributed by atoms with Gasteiger partial charge in [-0.05, 0) is 36.8 Å². The maximum Gasteiger partial charge on any atom is 0.258 e. The van der Waals surface area contributed by atoms with Gasteiger partial charge in [0.1, 0.15) is 18.1 Å². The molecule has 122 valence electrons. The summed E-state index contributed by atoms with van der Waals surface area (Å²) < 4.78 is 12.6. The Bertz CT molecular complexity index is 889. The molecule has 0 bridgehead atoms. The van der Waals surface area contributed by atoms with E-state index in [9.17, 15) is 4.79 Å². The van der Waals surface area contributed by atoms with Gasteiger partial charge in [-0.2, -0.15) is 0 Å². The second kappa shape index (κ2) is 7.00. The van der Waals surface area contributed by atoms with Gasteiger partial charge in [0.05, 0.1) is 12.8 Å². The Hall–Kier alpha value is -3.08. The smallest absolute Gasteiger partial charge is 0.258 e. The summed E-state index contributed by atoms with van der Waals surface area (Å²) in [4.78, 5) is 16.4. The van der Waals surface area contributed by atoms with Crippen LogP contribution in [0.25, 0.3) is 5.69 Å². The quantitative estimate of drug-likeness (QED) is 0.724. The van der Waals surface area contributed by atoms with Crippen molar-refractivity contribution in [2.24, 2.45) is 0 Å². The highest BCUT2D eigenvalue weighted by molar-refractivity contribution is 5.35. The highest BCUT2D eigenvalue weighted by atomic mass is 16.5. The molecule has 0 amide bonds. The van der Waals surface area contributed by atoms with Crippen LogP contribution in [-0.2, 0) is 6.61 Å². The molecule has 0 aliphatic carbocycles. The summed E-state index contributed by atoms with van der Waals surface area (Å²) in [6.45, 7) is 2.25. The second-order valence-electron chi connectivity index (χ2n) is 5.35. The van der Waals surface area contributed by atoms with Crippen molar-refractivity contribution < 1.29 is 9.47 Å². The number of methoxy groups -OCH3 is 1. The van der Waals surface area contributed by atoms with E-state index in [0.29, 0.717) is 12.4 Å². The molecule has 24 heavy (non-hydrogen) atoms. The van der Waals surface area contributed by atoms with Crippen LogP contribution in [0, 0.1) is 6.92 Å². The molecule has 5 heteroatoms. The molecule has 0 saturated heterocycles. The van der Waals surface area contributed by atoms with Crippen molar-refractivity contribution in [1.82, 2.24) is 9.55 Å².